The van der Waals surface area contributed by atoms with Crippen LogP contribution in [0, 0.1) is 0 Å². The highest BCUT2D eigenvalue weighted by Gasteiger charge is 2.48. The molecule has 0 saturated carbocycles. The molecular weight excluding hydrogens is 502 g/mol. The van der Waals surface area contributed by atoms with Gasteiger partial charge in [-0.3, -0.25) is 9.59 Å². The van der Waals surface area contributed by atoms with Crippen molar-refractivity contribution in [2.75, 3.05) is 20.3 Å². The van der Waals surface area contributed by atoms with E-state index in [4.69, 9.17) is 21.1 Å². The Labute approximate surface area is 225 Å². The predicted octanol–water partition coefficient (Wildman–Crippen LogP) is 5.11. The van der Waals surface area contributed by atoms with Gasteiger partial charge in [-0.05, 0) is 47.9 Å². The number of nitrogens with zero attached hydrogens (tertiary/aromatic N) is 2. The van der Waals surface area contributed by atoms with E-state index in [-0.39, 0.29) is 24.9 Å². The summed E-state index contributed by atoms with van der Waals surface area (Å²) in [6.07, 6.45) is 0.438. The van der Waals surface area contributed by atoms with Gasteiger partial charge in [-0.2, -0.15) is 0 Å². The van der Waals surface area contributed by atoms with Crippen LogP contribution in [0.5, 0.6) is 11.5 Å². The Morgan fingerprint density at radius 1 is 1.03 bits per heavy atom. The number of methoxy groups -OCH3 is 1. The molecule has 3 aromatic carbocycles. The molecule has 1 saturated heterocycles. The van der Waals surface area contributed by atoms with Gasteiger partial charge in [0.15, 0.2) is 11.5 Å². The van der Waals surface area contributed by atoms with Crippen LogP contribution in [0.15, 0.2) is 66.7 Å². The van der Waals surface area contributed by atoms with Gasteiger partial charge in [-0.1, -0.05) is 54.1 Å². The molecule has 0 spiro atoms. The van der Waals surface area contributed by atoms with Crippen LogP contribution in [0.2, 0.25) is 5.02 Å². The van der Waals surface area contributed by atoms with Crippen molar-refractivity contribution in [2.24, 2.45) is 0 Å². The highest BCUT2D eigenvalue weighted by molar-refractivity contribution is 6.31. The summed E-state index contributed by atoms with van der Waals surface area (Å²) < 4.78 is 11.4. The van der Waals surface area contributed by atoms with Crippen LogP contribution in [-0.2, 0) is 22.6 Å². The largest absolute Gasteiger partial charge is 0.493 e. The lowest BCUT2D eigenvalue weighted by Crippen LogP contribution is -2.62. The number of benzene rings is 3. The summed E-state index contributed by atoms with van der Waals surface area (Å²) in [4.78, 5) is 34.7. The number of halogens is 1. The molecule has 2 atom stereocenters. The van der Waals surface area contributed by atoms with Crippen molar-refractivity contribution in [3.8, 4) is 11.5 Å². The summed E-state index contributed by atoms with van der Waals surface area (Å²) in [6, 6.07) is 20.1. The average molecular weight is 530 g/mol. The van der Waals surface area contributed by atoms with E-state index in [1.165, 1.54) is 0 Å². The number of para-hydroxylation sites is 1. The molecule has 0 bridgehead atoms. The number of aromatic amines is 1. The van der Waals surface area contributed by atoms with Crippen molar-refractivity contribution < 1.29 is 19.1 Å². The van der Waals surface area contributed by atoms with Crippen molar-refractivity contribution in [3.05, 3.63) is 94.1 Å². The number of nitrogens with one attached hydrogen (secondary N) is 1. The van der Waals surface area contributed by atoms with Gasteiger partial charge in [-0.15, -0.1) is 0 Å². The van der Waals surface area contributed by atoms with E-state index >= 15 is 0 Å². The molecule has 2 aliphatic heterocycles. The normalized spacial score (nSPS) is 18.9. The Bertz CT molecular complexity index is 1550. The predicted molar refractivity (Wildman–Crippen MR) is 146 cm³/mol. The third-order valence-electron chi connectivity index (χ3n) is 7.46. The molecule has 0 radical (unpaired) electrons. The first-order valence-electron chi connectivity index (χ1n) is 12.7. The zero-order valence-corrected chi connectivity index (χ0v) is 22.0. The van der Waals surface area contributed by atoms with E-state index in [1.807, 2.05) is 61.5 Å². The zero-order valence-electron chi connectivity index (χ0n) is 21.2. The van der Waals surface area contributed by atoms with Gasteiger partial charge in [0, 0.05) is 34.6 Å². The van der Waals surface area contributed by atoms with Crippen LogP contribution in [-0.4, -0.2) is 52.9 Å². The third-order valence-corrected chi connectivity index (χ3v) is 7.83. The van der Waals surface area contributed by atoms with Gasteiger partial charge in [0.25, 0.3) is 0 Å². The summed E-state index contributed by atoms with van der Waals surface area (Å²) in [5.74, 6) is 1.03. The minimum Gasteiger partial charge on any atom is -0.493 e. The number of carbonyl (C=O) groups excluding carboxylic acids is 2. The van der Waals surface area contributed by atoms with Gasteiger partial charge >= 0.3 is 0 Å². The van der Waals surface area contributed by atoms with E-state index in [2.05, 4.69) is 11.1 Å². The highest BCUT2D eigenvalue weighted by atomic mass is 35.5. The molecule has 8 heteroatoms. The molecule has 7 nitrogen and oxygen atoms in total. The molecule has 1 N–H and O–H groups in total. The molecule has 194 valence electrons. The van der Waals surface area contributed by atoms with Crippen molar-refractivity contribution >= 4 is 34.3 Å². The number of piperazine rings is 1. The first-order valence-corrected chi connectivity index (χ1v) is 13.1. The number of ether oxygens (including phenoxy) is 2. The van der Waals surface area contributed by atoms with Gasteiger partial charge < -0.3 is 24.3 Å². The molecule has 6 rings (SSSR count). The summed E-state index contributed by atoms with van der Waals surface area (Å²) in [6.45, 7) is 2.70. The van der Waals surface area contributed by atoms with Crippen molar-refractivity contribution in [1.29, 1.82) is 0 Å². The maximum absolute atomic E-state index is 14.0. The lowest BCUT2D eigenvalue weighted by molar-refractivity contribution is -0.159. The van der Waals surface area contributed by atoms with Crippen LogP contribution in [0.25, 0.3) is 10.9 Å². The molecule has 2 amide bonds. The van der Waals surface area contributed by atoms with E-state index in [0.29, 0.717) is 29.5 Å². The van der Waals surface area contributed by atoms with Gasteiger partial charge in [0.2, 0.25) is 11.8 Å². The van der Waals surface area contributed by atoms with E-state index in [9.17, 15) is 9.59 Å². The average Bonchev–Trinajstić information content (AvgIpc) is 3.30. The van der Waals surface area contributed by atoms with Crippen molar-refractivity contribution in [3.63, 3.8) is 0 Å². The summed E-state index contributed by atoms with van der Waals surface area (Å²) in [7, 11) is 1.60. The van der Waals surface area contributed by atoms with Crippen LogP contribution in [0.4, 0.5) is 0 Å². The number of hydrogen-bond donors (Lipinski definition) is 1. The van der Waals surface area contributed by atoms with Gasteiger partial charge in [0.1, 0.15) is 12.6 Å². The Kier molecular flexibility index (Phi) is 6.24. The molecule has 2 aliphatic rings. The van der Waals surface area contributed by atoms with Crippen LogP contribution in [0.3, 0.4) is 0 Å². The summed E-state index contributed by atoms with van der Waals surface area (Å²) >= 11 is 6.39. The quantitative estimate of drug-likeness (QED) is 0.376. The van der Waals surface area contributed by atoms with Gasteiger partial charge in [0.05, 0.1) is 19.8 Å². The smallest absolute Gasteiger partial charge is 0.246 e. The van der Waals surface area contributed by atoms with Crippen LogP contribution in [0.1, 0.15) is 35.3 Å². The first-order chi connectivity index (χ1) is 18.5. The topological polar surface area (TPSA) is 74.9 Å². The van der Waals surface area contributed by atoms with Crippen molar-refractivity contribution in [1.82, 2.24) is 14.8 Å². The maximum atomic E-state index is 14.0. The van der Waals surface area contributed by atoms with Crippen LogP contribution < -0.4 is 9.47 Å². The minimum absolute atomic E-state index is 0.0131. The highest BCUT2D eigenvalue weighted by Crippen LogP contribution is 2.44. The van der Waals surface area contributed by atoms with Crippen molar-refractivity contribution in [2.45, 2.75) is 32.0 Å². The SMILES string of the molecule is CCOc1ccc(C2c3[nH]c4ccccc4c3C[C@H]3C(=O)N(Cc4ccccc4Cl)CC(=O)N23)cc1OC. The standard InChI is InChI=1S/C30H28ClN3O4/c1-3-38-25-13-12-18(14-26(25)37-2)29-28-21(20-9-5-7-11-23(20)32-28)15-24-30(36)33(17-27(35)34(24)29)16-19-8-4-6-10-22(19)31/h4-14,24,29,32H,3,15-17H2,1-2H3/t24-,29?/m0/s1. The number of amides is 2. The second kappa shape index (κ2) is 9.72. The fourth-order valence-electron chi connectivity index (χ4n) is 5.76. The minimum atomic E-state index is -0.631. The molecule has 38 heavy (non-hydrogen) atoms. The Hall–Kier alpha value is -3.97. The van der Waals surface area contributed by atoms with E-state index in [0.717, 1.165) is 33.3 Å². The Morgan fingerprint density at radius 3 is 2.61 bits per heavy atom. The molecule has 1 fully saturated rings. The fourth-order valence-corrected chi connectivity index (χ4v) is 5.96. The van der Waals surface area contributed by atoms with E-state index < -0.39 is 12.1 Å². The number of fused-ring (bicyclic) bond motifs is 4. The first kappa shape index (κ1) is 24.4. The molecule has 1 aromatic heterocycles. The lowest BCUT2D eigenvalue weighted by Gasteiger charge is -2.47. The molecule has 1 unspecified atom stereocenters. The molecule has 3 heterocycles. The summed E-state index contributed by atoms with van der Waals surface area (Å²) in [5, 5.41) is 1.64. The van der Waals surface area contributed by atoms with Gasteiger partial charge in [-0.25, -0.2) is 0 Å². The Balaban J connectivity index is 1.46. The number of aromatic nitrogens is 1. The molecule has 4 aromatic rings. The third kappa shape index (κ3) is 3.98. The monoisotopic (exact) mass is 529 g/mol. The second-order valence-electron chi connectivity index (χ2n) is 9.62. The number of H-pyrrole nitrogens is 1. The Morgan fingerprint density at radius 2 is 1.82 bits per heavy atom. The fraction of sp³-hybridized carbons (Fsp3) is 0.267. The molecular formula is C30H28ClN3O4. The lowest BCUT2D eigenvalue weighted by atomic mass is 9.86. The number of hydrogen-bond acceptors (Lipinski definition) is 4. The maximum Gasteiger partial charge on any atom is 0.246 e. The number of carbonyl (C=O) groups is 2. The summed E-state index contributed by atoms with van der Waals surface area (Å²) in [5.41, 5.74) is 4.63. The van der Waals surface area contributed by atoms with E-state index in [1.54, 1.807) is 23.0 Å². The zero-order chi connectivity index (χ0) is 26.4. The molecule has 0 aliphatic carbocycles. The van der Waals surface area contributed by atoms with Crippen LogP contribution >= 0.6 is 11.6 Å². The number of rotatable bonds is 6. The second-order valence-corrected chi connectivity index (χ2v) is 10.0.